The molecule has 0 bridgehead atoms. The van der Waals surface area contributed by atoms with Crippen molar-refractivity contribution < 1.29 is 138 Å². The summed E-state index contributed by atoms with van der Waals surface area (Å²) in [6.45, 7) is -2.42. The number of ether oxygens (including phenoxy) is 9. The number of hydrogen-bond donors (Lipinski definition) is 14. The largest absolute Gasteiger partial charge is 0.510 e. The van der Waals surface area contributed by atoms with Crippen LogP contribution < -0.4 is 19.6 Å². The van der Waals surface area contributed by atoms with Crippen molar-refractivity contribution in [3.8, 4) is 62.9 Å². The van der Waals surface area contributed by atoms with Crippen LogP contribution in [0.5, 0.6) is 40.2 Å². The van der Waals surface area contributed by atoms with Gasteiger partial charge in [0.25, 0.3) is 0 Å². The molecule has 3 aromatic carbocycles. The molecule has 8 rings (SSSR count). The normalized spacial score (nSPS) is 28.1. The second kappa shape index (κ2) is 26.2. The highest BCUT2D eigenvalue weighted by Crippen LogP contribution is 2.48. The highest BCUT2D eigenvalue weighted by atomic mass is 16.7. The molecular formula is C54H55O29+. The molecule has 83 heavy (non-hydrogen) atoms. The highest BCUT2D eigenvalue weighted by Gasteiger charge is 2.49. The van der Waals surface area contributed by atoms with Gasteiger partial charge in [0.05, 0.1) is 11.6 Å². The predicted molar refractivity (Wildman–Crippen MR) is 274 cm³/mol. The standard InChI is InChI=1S/C54H54O29/c55-25-7-1-22(2-8-25)5-11-38(61)74-19-34-42(65)45(68)48(71)52(81-34)78-31-13-24(14-32(41(31)64)79-53-49(72)46(69)43(66)35(82-53)20-75-39(62)12-6-23-3-9-26(56)10-4-23)51-33(17-28-29(58)15-27(57)16-30(28)77-51)80-54-50(73)47(70)44(67)36(83-54)21-76-40(63)18-37(59)60/h1-17,34-36,42-50,52-56,58,64-73H,18-21H2,(H,59,60)/p+1/t34-,35+,36-,42-,43-,44-,45+,46+,47+,48-,49-,50-,52-,53-,54-/m1/s1. The number of aliphatic carboxylic acids is 1. The molecule has 0 saturated carbocycles. The lowest BCUT2D eigenvalue weighted by molar-refractivity contribution is -0.279. The number of esters is 3. The Morgan fingerprint density at radius 2 is 0.976 bits per heavy atom. The lowest BCUT2D eigenvalue weighted by Crippen LogP contribution is -2.60. The molecule has 4 heterocycles. The van der Waals surface area contributed by atoms with E-state index in [9.17, 15) is 90.4 Å². The average Bonchev–Trinajstić information content (AvgIpc) is 3.61. The van der Waals surface area contributed by atoms with E-state index in [1.807, 2.05) is 0 Å². The summed E-state index contributed by atoms with van der Waals surface area (Å²) >= 11 is 0. The molecule has 5 aliphatic rings. The summed E-state index contributed by atoms with van der Waals surface area (Å²) in [6, 6.07) is 16.0. The summed E-state index contributed by atoms with van der Waals surface area (Å²) in [5.41, 5.74) is -0.470. The molecule has 0 amide bonds. The third-order valence-corrected chi connectivity index (χ3v) is 12.9. The van der Waals surface area contributed by atoms with Gasteiger partial charge in [0.2, 0.25) is 31.2 Å². The molecule has 0 unspecified atom stereocenters. The molecule has 15 N–H and O–H groups in total. The van der Waals surface area contributed by atoms with Crippen LogP contribution >= 0.6 is 0 Å². The number of aliphatic hydroxyl groups excluding tert-OH is 9. The Labute approximate surface area is 466 Å². The fraction of sp³-hybridized carbons (Fsp3) is 0.352. The smallest absolute Gasteiger partial charge is 0.508 e. The Morgan fingerprint density at radius 3 is 1.46 bits per heavy atom. The van der Waals surface area contributed by atoms with Gasteiger partial charge in [0.15, 0.2) is 34.5 Å². The quantitative estimate of drug-likeness (QED) is 0.0144. The number of hydrogen-bond acceptors (Lipinski definition) is 27. The first kappa shape index (κ1) is 60.7. The molecule has 3 saturated heterocycles. The predicted octanol–water partition coefficient (Wildman–Crippen LogP) is -1.70. The van der Waals surface area contributed by atoms with Gasteiger partial charge >= 0.3 is 23.9 Å². The third-order valence-electron chi connectivity index (χ3n) is 12.9. The maximum atomic E-state index is 12.7. The van der Waals surface area contributed by atoms with E-state index in [2.05, 4.69) is 0 Å². The van der Waals surface area contributed by atoms with E-state index in [1.165, 1.54) is 60.7 Å². The lowest BCUT2D eigenvalue weighted by Gasteiger charge is -2.40. The molecule has 0 spiro atoms. The Hall–Kier alpha value is -8.43. The minimum atomic E-state index is -2.19. The van der Waals surface area contributed by atoms with Crippen molar-refractivity contribution in [1.82, 2.24) is 0 Å². The van der Waals surface area contributed by atoms with Crippen molar-refractivity contribution in [3.63, 3.8) is 0 Å². The summed E-state index contributed by atoms with van der Waals surface area (Å²) in [7, 11) is 0. The minimum Gasteiger partial charge on any atom is -0.508 e. The number of fused-ring (bicyclic) bond motifs is 1. The van der Waals surface area contributed by atoms with Crippen LogP contribution in [0.15, 0.2) is 100 Å². The van der Waals surface area contributed by atoms with Gasteiger partial charge in [0.1, 0.15) is 110 Å². The molecule has 444 valence electrons. The third kappa shape index (κ3) is 14.6. The molecule has 29 heteroatoms. The molecule has 3 aromatic rings. The first-order valence-electron chi connectivity index (χ1n) is 24.9. The molecule has 4 aliphatic heterocycles. The number of aliphatic hydroxyl groups is 9. The molecular weight excluding hydrogens is 1110 g/mol. The number of carboxylic acid groups (broad SMARTS) is 1. The summed E-state index contributed by atoms with van der Waals surface area (Å²) in [5.74, 6) is -9.60. The zero-order valence-corrected chi connectivity index (χ0v) is 42.7. The second-order valence-corrected chi connectivity index (χ2v) is 18.9. The Kier molecular flexibility index (Phi) is 19.2. The van der Waals surface area contributed by atoms with Gasteiger partial charge in [-0.15, -0.1) is 0 Å². The zero-order chi connectivity index (χ0) is 60.0. The van der Waals surface area contributed by atoms with Crippen molar-refractivity contribution in [2.75, 3.05) is 19.8 Å². The van der Waals surface area contributed by atoms with Crippen molar-refractivity contribution in [2.45, 2.75) is 98.5 Å². The van der Waals surface area contributed by atoms with E-state index < -0.39 is 188 Å². The Morgan fingerprint density at radius 1 is 0.530 bits per heavy atom. The topological polar surface area (TPSA) is 469 Å². The molecule has 29 nitrogen and oxygen atoms in total. The summed E-state index contributed by atoms with van der Waals surface area (Å²) in [6.07, 6.45) is -26.4. The Bertz CT molecular complexity index is 3070. The van der Waals surface area contributed by atoms with E-state index in [4.69, 9.17) is 52.2 Å². The van der Waals surface area contributed by atoms with Crippen molar-refractivity contribution in [3.05, 3.63) is 112 Å². The van der Waals surface area contributed by atoms with E-state index in [0.29, 0.717) is 11.1 Å². The van der Waals surface area contributed by atoms with Crippen LogP contribution in [0.4, 0.5) is 0 Å². The monoisotopic (exact) mass is 1170 g/mol. The lowest BCUT2D eigenvalue weighted by atomic mass is 9.99. The number of carbonyl (C=O) groups excluding carboxylic acids is 3. The molecule has 1 aliphatic carbocycles. The van der Waals surface area contributed by atoms with Crippen LogP contribution in [-0.2, 0) is 42.8 Å². The number of rotatable bonds is 19. The Balaban J connectivity index is 1.15. The van der Waals surface area contributed by atoms with Crippen molar-refractivity contribution >= 4 is 36.0 Å². The molecule has 0 radical (unpaired) electrons. The number of carboxylic acids is 1. The van der Waals surface area contributed by atoms with Gasteiger partial charge in [0, 0.05) is 23.8 Å². The van der Waals surface area contributed by atoms with Crippen molar-refractivity contribution in [1.29, 1.82) is 0 Å². The second-order valence-electron chi connectivity index (χ2n) is 18.9. The minimum absolute atomic E-state index is 0.0233. The van der Waals surface area contributed by atoms with E-state index in [1.54, 1.807) is 0 Å². The summed E-state index contributed by atoms with van der Waals surface area (Å²) in [5, 5.41) is 150. The van der Waals surface area contributed by atoms with Crippen LogP contribution in [-0.4, -0.2) is 212 Å². The summed E-state index contributed by atoms with van der Waals surface area (Å²) < 4.78 is 56.6. The van der Waals surface area contributed by atoms with Gasteiger partial charge in [-0.25, -0.2) is 4.79 Å². The number of aromatic hydroxyl groups is 4. The molecule has 3 fully saturated rings. The van der Waals surface area contributed by atoms with Gasteiger partial charge < -0.3 is 123 Å². The fourth-order valence-corrected chi connectivity index (χ4v) is 8.47. The van der Waals surface area contributed by atoms with Gasteiger partial charge in [-0.1, -0.05) is 24.3 Å². The van der Waals surface area contributed by atoms with Crippen LogP contribution in [0.1, 0.15) is 17.5 Å². The average molecular weight is 1170 g/mol. The first-order valence-corrected chi connectivity index (χ1v) is 24.9. The first-order chi connectivity index (χ1) is 39.4. The van der Waals surface area contributed by atoms with Crippen LogP contribution in [0.25, 0.3) is 34.8 Å². The van der Waals surface area contributed by atoms with Gasteiger partial charge in [-0.05, 0) is 65.7 Å². The van der Waals surface area contributed by atoms with Gasteiger partial charge in [-0.2, -0.15) is 0 Å². The molecule has 0 aromatic heterocycles. The highest BCUT2D eigenvalue weighted by molar-refractivity contribution is 5.90. The summed E-state index contributed by atoms with van der Waals surface area (Å²) in [4.78, 5) is 59.1. The van der Waals surface area contributed by atoms with E-state index in [0.717, 1.165) is 42.5 Å². The number of carbonyl (C=O) groups is 3. The number of phenols is 4. The van der Waals surface area contributed by atoms with Crippen LogP contribution in [0.3, 0.4) is 0 Å². The molecule has 15 atom stereocenters. The van der Waals surface area contributed by atoms with Crippen LogP contribution in [0.2, 0.25) is 0 Å². The SMILES string of the molecule is O=C(O)CC(=O)OC[C@H]1O[C@@H](Oc2cc3c(O)cc(=O)cc-3oc2-c2cc(O[C@@H]3O[C@@H](COC(=O)C=Cc4ccc(O)cc4)[C@@H](O)[C@H](O)[C@H]3O)c(O)c(O[C@@H]3O[C@H](COC(=[OH+])C=Cc4ccc(O)cc4)[C@@H](O)[C@H](O)[C@H]3O)c2)[C@H](O)[C@@H](O)[C@@H]1O. The van der Waals surface area contributed by atoms with E-state index in [-0.39, 0.29) is 22.8 Å². The maximum Gasteiger partial charge on any atom is 0.510 e. The van der Waals surface area contributed by atoms with E-state index >= 15 is 0 Å². The van der Waals surface area contributed by atoms with Crippen LogP contribution in [0, 0.1) is 0 Å². The van der Waals surface area contributed by atoms with Crippen molar-refractivity contribution in [2.24, 2.45) is 0 Å². The number of phenolic OH excluding ortho intramolecular Hbond substituents is 4. The van der Waals surface area contributed by atoms with Gasteiger partial charge in [-0.3, -0.25) is 14.4 Å². The fourth-order valence-electron chi connectivity index (χ4n) is 8.47. The number of benzene rings is 4. The zero-order valence-electron chi connectivity index (χ0n) is 42.7. The maximum absolute atomic E-state index is 12.7.